The van der Waals surface area contributed by atoms with Gasteiger partial charge < -0.3 is 14.7 Å². The number of benzene rings is 1. The summed E-state index contributed by atoms with van der Waals surface area (Å²) in [6, 6.07) is 3.97. The number of carbonyl (C=O) groups excluding carboxylic acids is 1. The molecule has 3 rings (SSSR count). The van der Waals surface area contributed by atoms with Gasteiger partial charge in [-0.3, -0.25) is 5.32 Å². The number of anilines is 1. The fraction of sp³-hybridized carbons (Fsp3) is 0.593. The van der Waals surface area contributed by atoms with E-state index in [1.54, 1.807) is 34.6 Å². The molecule has 13 heteroatoms. The van der Waals surface area contributed by atoms with Crippen LogP contribution in [0.4, 0.5) is 19.7 Å². The number of halogens is 1. The zero-order valence-electron chi connectivity index (χ0n) is 23.9. The van der Waals surface area contributed by atoms with Crippen LogP contribution in [0.15, 0.2) is 23.1 Å². The molecule has 0 atom stereocenters. The molecule has 2 aromatic rings. The average molecular weight is 599 g/mol. The molecule has 2 amide bonds. The van der Waals surface area contributed by atoms with Crippen molar-refractivity contribution in [2.45, 2.75) is 109 Å². The third-order valence-electron chi connectivity index (χ3n) is 6.36. The van der Waals surface area contributed by atoms with Crippen LogP contribution in [0.3, 0.4) is 0 Å². The topological polar surface area (TPSA) is 138 Å². The highest BCUT2D eigenvalue weighted by molar-refractivity contribution is 7.89. The Morgan fingerprint density at radius 1 is 1.15 bits per heavy atom. The zero-order valence-corrected chi connectivity index (χ0v) is 25.6. The van der Waals surface area contributed by atoms with Gasteiger partial charge in [0.1, 0.15) is 0 Å². The SMILES string of the molecule is CC(C)OC(=O)Nc1ccc(-c2sc(C3CCC(N(C(=O)O)C(C)C)CC3)nc2F)c(S(=O)(=O)NC(C)(C)C)c1. The Kier molecular flexibility index (Phi) is 9.84. The van der Waals surface area contributed by atoms with E-state index >= 15 is 4.39 Å². The van der Waals surface area contributed by atoms with Crippen molar-refractivity contribution >= 4 is 39.2 Å². The smallest absolute Gasteiger partial charge is 0.411 e. The third kappa shape index (κ3) is 7.91. The maximum Gasteiger partial charge on any atom is 0.411 e. The molecule has 0 unspecified atom stereocenters. The molecule has 0 bridgehead atoms. The van der Waals surface area contributed by atoms with Gasteiger partial charge in [-0.25, -0.2) is 27.7 Å². The van der Waals surface area contributed by atoms with Crippen molar-refractivity contribution in [3.05, 3.63) is 29.2 Å². The molecule has 0 saturated heterocycles. The van der Waals surface area contributed by atoms with E-state index in [2.05, 4.69) is 15.0 Å². The van der Waals surface area contributed by atoms with Crippen LogP contribution in [0.25, 0.3) is 10.4 Å². The molecule has 0 aliphatic heterocycles. The highest BCUT2D eigenvalue weighted by Crippen LogP contribution is 2.42. The van der Waals surface area contributed by atoms with Gasteiger partial charge in [0.2, 0.25) is 16.0 Å². The van der Waals surface area contributed by atoms with Gasteiger partial charge in [-0.2, -0.15) is 4.39 Å². The number of carboxylic acid groups (broad SMARTS) is 1. The van der Waals surface area contributed by atoms with Crippen molar-refractivity contribution in [2.75, 3.05) is 5.32 Å². The van der Waals surface area contributed by atoms with Crippen LogP contribution in [-0.2, 0) is 14.8 Å². The van der Waals surface area contributed by atoms with Gasteiger partial charge in [0.25, 0.3) is 0 Å². The Balaban J connectivity index is 1.95. The Labute approximate surface area is 239 Å². The number of aromatic nitrogens is 1. The van der Waals surface area contributed by atoms with E-state index in [1.807, 2.05) is 13.8 Å². The molecule has 1 aliphatic rings. The quantitative estimate of drug-likeness (QED) is 0.320. The summed E-state index contributed by atoms with van der Waals surface area (Å²) in [5, 5.41) is 12.7. The molecule has 1 aromatic carbocycles. The molecule has 1 saturated carbocycles. The molecular weight excluding hydrogens is 559 g/mol. The van der Waals surface area contributed by atoms with Gasteiger partial charge >= 0.3 is 12.2 Å². The molecule has 10 nitrogen and oxygen atoms in total. The first-order valence-corrected chi connectivity index (χ1v) is 15.6. The van der Waals surface area contributed by atoms with Gasteiger partial charge in [-0.15, -0.1) is 11.3 Å². The average Bonchev–Trinajstić information content (AvgIpc) is 3.18. The third-order valence-corrected chi connectivity index (χ3v) is 9.39. The molecule has 1 fully saturated rings. The summed E-state index contributed by atoms with van der Waals surface area (Å²) in [6.07, 6.45) is 0.490. The summed E-state index contributed by atoms with van der Waals surface area (Å²) < 4.78 is 49.9. The minimum Gasteiger partial charge on any atom is -0.465 e. The second-order valence-corrected chi connectivity index (χ2v) is 14.3. The number of hydrogen-bond donors (Lipinski definition) is 3. The lowest BCUT2D eigenvalue weighted by atomic mass is 9.85. The van der Waals surface area contributed by atoms with Gasteiger partial charge in [-0.1, -0.05) is 0 Å². The maximum atomic E-state index is 15.3. The second kappa shape index (κ2) is 12.4. The summed E-state index contributed by atoms with van der Waals surface area (Å²) in [6.45, 7) is 12.1. The van der Waals surface area contributed by atoms with Crippen molar-refractivity contribution in [1.29, 1.82) is 0 Å². The molecule has 1 heterocycles. The number of carbonyl (C=O) groups is 2. The second-order valence-electron chi connectivity index (χ2n) is 11.6. The predicted molar refractivity (Wildman–Crippen MR) is 153 cm³/mol. The number of hydrogen-bond acceptors (Lipinski definition) is 7. The lowest BCUT2D eigenvalue weighted by Gasteiger charge is -2.37. The molecule has 0 spiro atoms. The highest BCUT2D eigenvalue weighted by atomic mass is 32.2. The number of amides is 2. The summed E-state index contributed by atoms with van der Waals surface area (Å²) in [4.78, 5) is 29.4. The Hall–Kier alpha value is -2.77. The number of thiazole rings is 1. The number of ether oxygens (including phenoxy) is 1. The van der Waals surface area contributed by atoms with E-state index in [-0.39, 0.29) is 45.1 Å². The summed E-state index contributed by atoms with van der Waals surface area (Å²) >= 11 is 1.10. The molecule has 1 aliphatic carbocycles. The molecule has 3 N–H and O–H groups in total. The number of rotatable bonds is 8. The Morgan fingerprint density at radius 2 is 1.77 bits per heavy atom. The molecular formula is C27H39FN4O6S2. The number of nitrogens with one attached hydrogen (secondary N) is 2. The van der Waals surface area contributed by atoms with Gasteiger partial charge in [0.15, 0.2) is 0 Å². The first-order valence-electron chi connectivity index (χ1n) is 13.3. The minimum absolute atomic E-state index is 0.0631. The van der Waals surface area contributed by atoms with Gasteiger partial charge in [0.05, 0.1) is 20.9 Å². The summed E-state index contributed by atoms with van der Waals surface area (Å²) in [7, 11) is -4.13. The van der Waals surface area contributed by atoms with Crippen LogP contribution < -0.4 is 10.0 Å². The van der Waals surface area contributed by atoms with Gasteiger partial charge in [0, 0.05) is 34.8 Å². The Morgan fingerprint density at radius 3 is 2.30 bits per heavy atom. The van der Waals surface area contributed by atoms with Crippen LogP contribution in [0.1, 0.15) is 85.1 Å². The van der Waals surface area contributed by atoms with Crippen LogP contribution in [0, 0.1) is 5.95 Å². The highest BCUT2D eigenvalue weighted by Gasteiger charge is 2.33. The molecule has 222 valence electrons. The van der Waals surface area contributed by atoms with Crippen molar-refractivity contribution in [2.24, 2.45) is 0 Å². The van der Waals surface area contributed by atoms with E-state index in [1.165, 1.54) is 23.1 Å². The minimum atomic E-state index is -4.13. The molecule has 40 heavy (non-hydrogen) atoms. The number of sulfonamides is 1. The predicted octanol–water partition coefficient (Wildman–Crippen LogP) is 6.40. The fourth-order valence-corrected chi connectivity index (χ4v) is 7.76. The van der Waals surface area contributed by atoms with E-state index in [9.17, 15) is 23.1 Å². The number of nitrogens with zero attached hydrogens (tertiary/aromatic N) is 2. The first-order chi connectivity index (χ1) is 18.5. The fourth-order valence-electron chi connectivity index (χ4n) is 4.89. The van der Waals surface area contributed by atoms with Crippen molar-refractivity contribution < 1.29 is 32.2 Å². The maximum absolute atomic E-state index is 15.3. The van der Waals surface area contributed by atoms with Crippen molar-refractivity contribution in [3.8, 4) is 10.4 Å². The molecule has 0 radical (unpaired) electrons. The summed E-state index contributed by atoms with van der Waals surface area (Å²) in [5.41, 5.74) is -0.502. The zero-order chi connectivity index (χ0) is 30.0. The largest absolute Gasteiger partial charge is 0.465 e. The van der Waals surface area contributed by atoms with Crippen LogP contribution >= 0.6 is 11.3 Å². The van der Waals surface area contributed by atoms with Crippen molar-refractivity contribution in [1.82, 2.24) is 14.6 Å². The van der Waals surface area contributed by atoms with Crippen LogP contribution in [-0.4, -0.2) is 59.3 Å². The normalized spacial score (nSPS) is 18.1. The first kappa shape index (κ1) is 31.8. The standard InChI is InChI=1S/C27H39FN4O6S2/c1-15(2)32(26(34)35)19-11-8-17(9-12-19)24-30-23(28)22(39-24)20-13-10-18(29-25(33)38-16(3)4)14-21(20)40(36,37)31-27(5,6)7/h10,13-17,19,31H,8-9,11-12H2,1-7H3,(H,29,33)(H,34,35). The van der Waals surface area contributed by atoms with E-state index in [0.29, 0.717) is 30.7 Å². The van der Waals surface area contributed by atoms with E-state index in [0.717, 1.165) is 11.3 Å². The monoisotopic (exact) mass is 598 g/mol. The van der Waals surface area contributed by atoms with Crippen LogP contribution in [0.2, 0.25) is 0 Å². The lowest BCUT2D eigenvalue weighted by Crippen LogP contribution is -2.45. The molecule has 1 aromatic heterocycles. The lowest BCUT2D eigenvalue weighted by molar-refractivity contribution is 0.0906. The summed E-state index contributed by atoms with van der Waals surface area (Å²) in [5.74, 6) is -0.838. The Bertz CT molecular complexity index is 1330. The van der Waals surface area contributed by atoms with Crippen LogP contribution in [0.5, 0.6) is 0 Å². The van der Waals surface area contributed by atoms with Gasteiger partial charge in [-0.05, 0) is 92.3 Å². The van der Waals surface area contributed by atoms with Crippen molar-refractivity contribution in [3.63, 3.8) is 0 Å². The van der Waals surface area contributed by atoms with E-state index in [4.69, 9.17) is 4.74 Å². The van der Waals surface area contributed by atoms with E-state index < -0.39 is 33.7 Å².